The van der Waals surface area contributed by atoms with Crippen molar-refractivity contribution in [2.24, 2.45) is 5.92 Å². The number of benzene rings is 1. The molecule has 2 saturated carbocycles. The van der Waals surface area contributed by atoms with E-state index < -0.39 is 0 Å². The standard InChI is InChI=1S/C18H21ClN4O/c1-11(13-3-4-13)22(15-9-10-15)18(24)17-20-12(2)23(21-17)16-7-5-14(19)6-8-16/h5-8,11,13,15H,3-4,9-10H2,1-2H3. The number of rotatable bonds is 5. The number of aryl methyl sites for hydroxylation is 1. The number of hydrogen-bond donors (Lipinski definition) is 0. The van der Waals surface area contributed by atoms with E-state index in [9.17, 15) is 4.79 Å². The topological polar surface area (TPSA) is 51.0 Å². The Bertz CT molecular complexity index is 762. The smallest absolute Gasteiger partial charge is 0.294 e. The molecule has 0 saturated heterocycles. The number of carbonyl (C=O) groups excluding carboxylic acids is 1. The molecule has 4 rings (SSSR count). The molecule has 126 valence electrons. The van der Waals surface area contributed by atoms with Crippen molar-refractivity contribution >= 4 is 17.5 Å². The van der Waals surface area contributed by atoms with Crippen LogP contribution in [0.5, 0.6) is 0 Å². The summed E-state index contributed by atoms with van der Waals surface area (Å²) in [6.07, 6.45) is 4.64. The van der Waals surface area contributed by atoms with Gasteiger partial charge in [-0.1, -0.05) is 11.6 Å². The maximum Gasteiger partial charge on any atom is 0.294 e. The number of nitrogens with zero attached hydrogens (tertiary/aromatic N) is 4. The minimum atomic E-state index is -0.0345. The average Bonchev–Trinajstić information content (AvgIpc) is 3.46. The van der Waals surface area contributed by atoms with Crippen LogP contribution in [-0.2, 0) is 0 Å². The van der Waals surface area contributed by atoms with Gasteiger partial charge < -0.3 is 4.90 Å². The lowest BCUT2D eigenvalue weighted by molar-refractivity contribution is 0.0641. The van der Waals surface area contributed by atoms with Gasteiger partial charge in [-0.25, -0.2) is 9.67 Å². The van der Waals surface area contributed by atoms with E-state index in [1.54, 1.807) is 4.68 Å². The molecule has 1 atom stereocenters. The Morgan fingerprint density at radius 1 is 1.25 bits per heavy atom. The third-order valence-corrected chi connectivity index (χ3v) is 5.20. The van der Waals surface area contributed by atoms with Crippen LogP contribution in [0.2, 0.25) is 5.02 Å². The molecule has 0 radical (unpaired) electrons. The first-order valence-corrected chi connectivity index (χ1v) is 8.94. The predicted molar refractivity (Wildman–Crippen MR) is 92.5 cm³/mol. The van der Waals surface area contributed by atoms with Crippen LogP contribution in [0.25, 0.3) is 5.69 Å². The minimum absolute atomic E-state index is 0.0345. The van der Waals surface area contributed by atoms with Gasteiger partial charge in [0, 0.05) is 17.1 Å². The van der Waals surface area contributed by atoms with Gasteiger partial charge in [-0.2, -0.15) is 0 Å². The van der Waals surface area contributed by atoms with Crippen molar-refractivity contribution in [2.75, 3.05) is 0 Å². The van der Waals surface area contributed by atoms with Gasteiger partial charge in [-0.3, -0.25) is 4.79 Å². The molecule has 0 aliphatic heterocycles. The molecule has 1 aromatic heterocycles. The highest BCUT2D eigenvalue weighted by molar-refractivity contribution is 6.30. The zero-order chi connectivity index (χ0) is 16.8. The van der Waals surface area contributed by atoms with Gasteiger partial charge in [0.15, 0.2) is 0 Å². The SMILES string of the molecule is Cc1nc(C(=O)N(C2CC2)C(C)C2CC2)nn1-c1ccc(Cl)cc1. The molecule has 1 aromatic carbocycles. The number of amides is 1. The molecule has 2 aliphatic carbocycles. The van der Waals surface area contributed by atoms with Gasteiger partial charge >= 0.3 is 0 Å². The predicted octanol–water partition coefficient (Wildman–Crippen LogP) is 3.63. The van der Waals surface area contributed by atoms with Gasteiger partial charge in [-0.15, -0.1) is 5.10 Å². The first-order valence-electron chi connectivity index (χ1n) is 8.57. The second-order valence-electron chi connectivity index (χ2n) is 6.89. The summed E-state index contributed by atoms with van der Waals surface area (Å²) in [4.78, 5) is 19.5. The lowest BCUT2D eigenvalue weighted by atomic mass is 10.1. The first kappa shape index (κ1) is 15.6. The molecule has 0 N–H and O–H groups in total. The Kier molecular flexibility index (Phi) is 3.83. The lowest BCUT2D eigenvalue weighted by Gasteiger charge is -2.28. The summed E-state index contributed by atoms with van der Waals surface area (Å²) in [5.41, 5.74) is 0.858. The Morgan fingerprint density at radius 3 is 2.50 bits per heavy atom. The van der Waals surface area contributed by atoms with Crippen LogP contribution in [0.4, 0.5) is 0 Å². The molecular weight excluding hydrogens is 324 g/mol. The highest BCUT2D eigenvalue weighted by atomic mass is 35.5. The lowest BCUT2D eigenvalue weighted by Crippen LogP contribution is -2.42. The van der Waals surface area contributed by atoms with Crippen LogP contribution in [-0.4, -0.2) is 37.7 Å². The Hall–Kier alpha value is -1.88. The molecule has 0 spiro atoms. The summed E-state index contributed by atoms with van der Waals surface area (Å²) in [6.45, 7) is 4.03. The Morgan fingerprint density at radius 2 is 1.92 bits per heavy atom. The first-order chi connectivity index (χ1) is 11.5. The van der Waals surface area contributed by atoms with Crippen LogP contribution in [0, 0.1) is 12.8 Å². The van der Waals surface area contributed by atoms with E-state index in [-0.39, 0.29) is 11.9 Å². The van der Waals surface area contributed by atoms with Gasteiger partial charge in [0.2, 0.25) is 5.82 Å². The molecule has 1 unspecified atom stereocenters. The minimum Gasteiger partial charge on any atom is -0.330 e. The summed E-state index contributed by atoms with van der Waals surface area (Å²) in [6, 6.07) is 8.03. The molecule has 2 fully saturated rings. The highest BCUT2D eigenvalue weighted by Gasteiger charge is 2.43. The molecule has 6 heteroatoms. The van der Waals surface area contributed by atoms with E-state index in [0.717, 1.165) is 18.5 Å². The van der Waals surface area contributed by atoms with E-state index in [1.165, 1.54) is 12.8 Å². The number of carbonyl (C=O) groups is 1. The normalized spacial score (nSPS) is 18.5. The summed E-state index contributed by atoms with van der Waals surface area (Å²) >= 11 is 5.94. The van der Waals surface area contributed by atoms with Crippen molar-refractivity contribution in [2.45, 2.75) is 51.6 Å². The second kappa shape index (κ2) is 5.88. The number of hydrogen-bond acceptors (Lipinski definition) is 3. The molecule has 2 aromatic rings. The number of aromatic nitrogens is 3. The van der Waals surface area contributed by atoms with Crippen molar-refractivity contribution < 1.29 is 4.79 Å². The van der Waals surface area contributed by atoms with Crippen molar-refractivity contribution in [1.82, 2.24) is 19.7 Å². The van der Waals surface area contributed by atoms with Gasteiger partial charge in [0.05, 0.1) is 5.69 Å². The second-order valence-corrected chi connectivity index (χ2v) is 7.33. The summed E-state index contributed by atoms with van der Waals surface area (Å²) in [5, 5.41) is 5.15. The van der Waals surface area contributed by atoms with Crippen LogP contribution in [0.15, 0.2) is 24.3 Å². The molecule has 1 heterocycles. The third kappa shape index (κ3) is 2.93. The maximum atomic E-state index is 13.0. The fourth-order valence-electron chi connectivity index (χ4n) is 3.26. The molecule has 2 aliphatic rings. The van der Waals surface area contributed by atoms with Crippen LogP contribution < -0.4 is 0 Å². The average molecular weight is 345 g/mol. The van der Waals surface area contributed by atoms with Crippen molar-refractivity contribution in [3.05, 3.63) is 40.9 Å². The highest BCUT2D eigenvalue weighted by Crippen LogP contribution is 2.40. The van der Waals surface area contributed by atoms with Crippen molar-refractivity contribution in [3.8, 4) is 5.69 Å². The monoisotopic (exact) mass is 344 g/mol. The van der Waals surface area contributed by atoms with E-state index in [4.69, 9.17) is 11.6 Å². The Balaban J connectivity index is 1.62. The van der Waals surface area contributed by atoms with Crippen LogP contribution in [0.3, 0.4) is 0 Å². The fourth-order valence-corrected chi connectivity index (χ4v) is 3.39. The van der Waals surface area contributed by atoms with E-state index in [2.05, 4.69) is 17.0 Å². The molecule has 1 amide bonds. The quantitative estimate of drug-likeness (QED) is 0.832. The zero-order valence-corrected chi connectivity index (χ0v) is 14.7. The van der Waals surface area contributed by atoms with Crippen LogP contribution >= 0.6 is 11.6 Å². The largest absolute Gasteiger partial charge is 0.330 e. The molecule has 0 bridgehead atoms. The Labute approximate surface area is 146 Å². The maximum absolute atomic E-state index is 13.0. The zero-order valence-electron chi connectivity index (χ0n) is 13.9. The number of halogens is 1. The van der Waals surface area contributed by atoms with E-state index >= 15 is 0 Å². The van der Waals surface area contributed by atoms with Crippen LogP contribution in [0.1, 0.15) is 49.1 Å². The summed E-state index contributed by atoms with van der Waals surface area (Å²) < 4.78 is 1.70. The molecule has 5 nitrogen and oxygen atoms in total. The summed E-state index contributed by atoms with van der Waals surface area (Å²) in [5.74, 6) is 1.61. The molecular formula is C18H21ClN4O. The van der Waals surface area contributed by atoms with E-state index in [0.29, 0.717) is 28.6 Å². The fraction of sp³-hybridized carbons (Fsp3) is 0.500. The summed E-state index contributed by atoms with van der Waals surface area (Å²) in [7, 11) is 0. The van der Waals surface area contributed by atoms with Crippen molar-refractivity contribution in [1.29, 1.82) is 0 Å². The van der Waals surface area contributed by atoms with Crippen molar-refractivity contribution in [3.63, 3.8) is 0 Å². The van der Waals surface area contributed by atoms with E-state index in [1.807, 2.05) is 36.1 Å². The molecule has 24 heavy (non-hydrogen) atoms. The van der Waals surface area contributed by atoms with Gasteiger partial charge in [-0.05, 0) is 69.7 Å². The van der Waals surface area contributed by atoms with Gasteiger partial charge in [0.1, 0.15) is 5.82 Å². The van der Waals surface area contributed by atoms with Gasteiger partial charge in [0.25, 0.3) is 5.91 Å². The third-order valence-electron chi connectivity index (χ3n) is 4.95.